The van der Waals surface area contributed by atoms with Gasteiger partial charge in [-0.1, -0.05) is 12.1 Å². The van der Waals surface area contributed by atoms with Crippen molar-refractivity contribution >= 4 is 6.03 Å². The van der Waals surface area contributed by atoms with E-state index in [1.165, 1.54) is 12.1 Å². The monoisotopic (exact) mass is 333 g/mol. The number of hydrogen-bond donors (Lipinski definition) is 1. The predicted octanol–water partition coefficient (Wildman–Crippen LogP) is 4.20. The van der Waals surface area contributed by atoms with Gasteiger partial charge in [0.25, 0.3) is 0 Å². The molecule has 0 saturated heterocycles. The van der Waals surface area contributed by atoms with Crippen LogP contribution in [0.15, 0.2) is 34.9 Å². The highest BCUT2D eigenvalue weighted by Crippen LogP contribution is 2.21. The van der Waals surface area contributed by atoms with E-state index in [1.807, 2.05) is 27.7 Å². The quantitative estimate of drug-likeness (QED) is 0.892. The lowest BCUT2D eigenvalue weighted by Gasteiger charge is -2.27. The van der Waals surface area contributed by atoms with Gasteiger partial charge >= 0.3 is 6.03 Å². The van der Waals surface area contributed by atoms with Crippen LogP contribution in [-0.4, -0.2) is 28.2 Å². The van der Waals surface area contributed by atoms with Crippen LogP contribution in [0.5, 0.6) is 0 Å². The molecule has 1 N–H and O–H groups in total. The van der Waals surface area contributed by atoms with Gasteiger partial charge in [0.1, 0.15) is 11.5 Å². The zero-order valence-corrected chi connectivity index (χ0v) is 14.6. The molecule has 0 aliphatic heterocycles. The summed E-state index contributed by atoms with van der Waals surface area (Å²) in [7, 11) is 0. The zero-order valence-electron chi connectivity index (χ0n) is 14.6. The Morgan fingerprint density at radius 2 is 1.96 bits per heavy atom. The van der Waals surface area contributed by atoms with Crippen LogP contribution in [0.3, 0.4) is 0 Å². The molecule has 0 unspecified atom stereocenters. The number of hydrogen-bond acceptors (Lipinski definition) is 3. The molecule has 2 aromatic rings. The maximum absolute atomic E-state index is 13.0. The van der Waals surface area contributed by atoms with Crippen molar-refractivity contribution < 1.29 is 13.7 Å². The van der Waals surface area contributed by atoms with Crippen LogP contribution >= 0.6 is 0 Å². The van der Waals surface area contributed by atoms with Crippen molar-refractivity contribution in [2.75, 3.05) is 6.54 Å². The smallest absolute Gasteiger partial charge is 0.318 e. The van der Waals surface area contributed by atoms with Crippen LogP contribution in [0, 0.1) is 5.82 Å². The van der Waals surface area contributed by atoms with E-state index >= 15 is 0 Å². The number of carbonyl (C=O) groups is 1. The first-order chi connectivity index (χ1) is 11.3. The lowest BCUT2D eigenvalue weighted by Crippen LogP contribution is -2.48. The van der Waals surface area contributed by atoms with E-state index in [2.05, 4.69) is 10.5 Å². The van der Waals surface area contributed by atoms with Crippen LogP contribution in [-0.2, 0) is 6.54 Å². The highest BCUT2D eigenvalue weighted by atomic mass is 19.1. The van der Waals surface area contributed by atoms with E-state index in [4.69, 9.17) is 4.52 Å². The second-order valence-electron chi connectivity index (χ2n) is 6.79. The predicted molar refractivity (Wildman–Crippen MR) is 90.9 cm³/mol. The number of benzene rings is 1. The fourth-order valence-electron chi connectivity index (χ4n) is 2.25. The molecule has 1 aromatic carbocycles. The lowest BCUT2D eigenvalue weighted by atomic mass is 10.1. The minimum Gasteiger partial charge on any atom is -0.356 e. The Balaban J connectivity index is 2.10. The van der Waals surface area contributed by atoms with Crippen molar-refractivity contribution in [3.8, 4) is 11.3 Å². The van der Waals surface area contributed by atoms with Crippen molar-refractivity contribution in [3.63, 3.8) is 0 Å². The average molecular weight is 333 g/mol. The number of rotatable bonds is 5. The fourth-order valence-corrected chi connectivity index (χ4v) is 2.25. The van der Waals surface area contributed by atoms with Crippen molar-refractivity contribution in [2.45, 2.75) is 46.2 Å². The second-order valence-corrected chi connectivity index (χ2v) is 6.79. The molecule has 1 heterocycles. The SMILES string of the molecule is CCCN(Cc1cc(-c2ccc(F)cc2)on1)C(=O)NC(C)(C)C. The van der Waals surface area contributed by atoms with Crippen molar-refractivity contribution in [3.05, 3.63) is 41.8 Å². The number of nitrogens with zero attached hydrogens (tertiary/aromatic N) is 2. The minimum atomic E-state index is -0.300. The van der Waals surface area contributed by atoms with Gasteiger partial charge in [-0.2, -0.15) is 0 Å². The van der Waals surface area contributed by atoms with Crippen LogP contribution in [0.4, 0.5) is 9.18 Å². The van der Waals surface area contributed by atoms with E-state index < -0.39 is 0 Å². The Bertz CT molecular complexity index is 674. The van der Waals surface area contributed by atoms with E-state index in [0.717, 1.165) is 12.0 Å². The van der Waals surface area contributed by atoms with Crippen LogP contribution < -0.4 is 5.32 Å². The summed E-state index contributed by atoms with van der Waals surface area (Å²) in [6.07, 6.45) is 0.847. The van der Waals surface area contributed by atoms with Crippen LogP contribution in [0.2, 0.25) is 0 Å². The zero-order chi connectivity index (χ0) is 17.7. The number of urea groups is 1. The van der Waals surface area contributed by atoms with Gasteiger partial charge in [0, 0.05) is 23.7 Å². The summed E-state index contributed by atoms with van der Waals surface area (Å²) in [5.41, 5.74) is 1.11. The topological polar surface area (TPSA) is 58.4 Å². The maximum Gasteiger partial charge on any atom is 0.318 e. The third-order valence-corrected chi connectivity index (χ3v) is 3.30. The van der Waals surface area contributed by atoms with Gasteiger partial charge in [-0.3, -0.25) is 0 Å². The summed E-state index contributed by atoms with van der Waals surface area (Å²) in [4.78, 5) is 14.1. The molecule has 130 valence electrons. The Hall–Kier alpha value is -2.37. The largest absolute Gasteiger partial charge is 0.356 e. The molecule has 5 nitrogen and oxygen atoms in total. The molecular weight excluding hydrogens is 309 g/mol. The van der Waals surface area contributed by atoms with Gasteiger partial charge in [0.05, 0.1) is 6.54 Å². The summed E-state index contributed by atoms with van der Waals surface area (Å²) >= 11 is 0. The molecule has 24 heavy (non-hydrogen) atoms. The summed E-state index contributed by atoms with van der Waals surface area (Å²) in [6.45, 7) is 8.83. The highest BCUT2D eigenvalue weighted by Gasteiger charge is 2.20. The van der Waals surface area contributed by atoms with Gasteiger partial charge in [0.15, 0.2) is 5.76 Å². The second kappa shape index (κ2) is 7.47. The Kier molecular flexibility index (Phi) is 5.59. The molecule has 0 atom stereocenters. The molecule has 1 aromatic heterocycles. The van der Waals surface area contributed by atoms with E-state index in [1.54, 1.807) is 23.1 Å². The minimum absolute atomic E-state index is 0.129. The molecule has 0 aliphatic rings. The molecule has 2 rings (SSSR count). The number of carbonyl (C=O) groups excluding carboxylic acids is 1. The molecular formula is C18H24FN3O2. The fraction of sp³-hybridized carbons (Fsp3) is 0.444. The maximum atomic E-state index is 13.0. The molecule has 0 aliphatic carbocycles. The lowest BCUT2D eigenvalue weighted by molar-refractivity contribution is 0.184. The summed E-state index contributed by atoms with van der Waals surface area (Å²) in [5.74, 6) is 0.254. The number of nitrogens with one attached hydrogen (secondary N) is 1. The van der Waals surface area contributed by atoms with Crippen LogP contribution in [0.25, 0.3) is 11.3 Å². The highest BCUT2D eigenvalue weighted by molar-refractivity contribution is 5.75. The number of halogens is 1. The van der Waals surface area contributed by atoms with Crippen molar-refractivity contribution in [2.24, 2.45) is 0 Å². The molecule has 2 amide bonds. The standard InChI is InChI=1S/C18H24FN3O2/c1-5-10-22(17(23)20-18(2,3)4)12-15-11-16(24-21-15)13-6-8-14(19)9-7-13/h6-9,11H,5,10,12H2,1-4H3,(H,20,23). The number of aromatic nitrogens is 1. The Morgan fingerprint density at radius 3 is 2.54 bits per heavy atom. The summed E-state index contributed by atoms with van der Waals surface area (Å²) in [5, 5.41) is 6.98. The van der Waals surface area contributed by atoms with E-state index in [0.29, 0.717) is 24.5 Å². The molecule has 0 saturated carbocycles. The molecule has 0 fully saturated rings. The average Bonchev–Trinajstić information content (AvgIpc) is 2.94. The van der Waals surface area contributed by atoms with Gasteiger partial charge in [0.2, 0.25) is 0 Å². The van der Waals surface area contributed by atoms with E-state index in [9.17, 15) is 9.18 Å². The first-order valence-corrected chi connectivity index (χ1v) is 8.07. The molecule has 0 spiro atoms. The van der Waals surface area contributed by atoms with Crippen LogP contribution in [0.1, 0.15) is 39.8 Å². The molecule has 0 bridgehead atoms. The Morgan fingerprint density at radius 1 is 1.29 bits per heavy atom. The summed E-state index contributed by atoms with van der Waals surface area (Å²) < 4.78 is 18.3. The van der Waals surface area contributed by atoms with Gasteiger partial charge < -0.3 is 14.7 Å². The molecule has 0 radical (unpaired) electrons. The molecule has 6 heteroatoms. The van der Waals surface area contributed by atoms with Crippen molar-refractivity contribution in [1.29, 1.82) is 0 Å². The third-order valence-electron chi connectivity index (χ3n) is 3.30. The number of amides is 2. The van der Waals surface area contributed by atoms with Gasteiger partial charge in [-0.25, -0.2) is 9.18 Å². The first-order valence-electron chi connectivity index (χ1n) is 8.07. The van der Waals surface area contributed by atoms with E-state index in [-0.39, 0.29) is 17.4 Å². The van der Waals surface area contributed by atoms with Gasteiger partial charge in [-0.15, -0.1) is 0 Å². The summed E-state index contributed by atoms with van der Waals surface area (Å²) in [6, 6.07) is 7.66. The Labute approximate surface area is 141 Å². The van der Waals surface area contributed by atoms with Crippen molar-refractivity contribution in [1.82, 2.24) is 15.4 Å². The third kappa shape index (κ3) is 5.08. The normalized spacial score (nSPS) is 11.4. The first kappa shape index (κ1) is 18.0. The van der Waals surface area contributed by atoms with Gasteiger partial charge in [-0.05, 0) is 51.5 Å².